The molecule has 0 saturated carbocycles. The third kappa shape index (κ3) is 2.47. The van der Waals surface area contributed by atoms with Crippen molar-refractivity contribution in [2.75, 3.05) is 14.1 Å². The van der Waals surface area contributed by atoms with Crippen LogP contribution in [0.2, 0.25) is 5.02 Å². The summed E-state index contributed by atoms with van der Waals surface area (Å²) in [6, 6.07) is 6.35. The molecule has 76 valence electrons. The van der Waals surface area contributed by atoms with E-state index in [-0.39, 0.29) is 5.91 Å². The van der Waals surface area contributed by atoms with Crippen molar-refractivity contribution in [3.05, 3.63) is 34.9 Å². The molecule has 1 amide bonds. The van der Waals surface area contributed by atoms with Crippen molar-refractivity contribution in [1.82, 2.24) is 4.90 Å². The van der Waals surface area contributed by atoms with Gasteiger partial charge in [0.05, 0.1) is 0 Å². The van der Waals surface area contributed by atoms with Gasteiger partial charge in [-0.15, -0.1) is 0 Å². The van der Waals surface area contributed by atoms with Gasteiger partial charge in [-0.05, 0) is 17.7 Å². The van der Waals surface area contributed by atoms with E-state index in [1.54, 1.807) is 38.4 Å². The molecule has 0 aliphatic carbocycles. The van der Waals surface area contributed by atoms with Crippen LogP contribution in [0.4, 0.5) is 0 Å². The summed E-state index contributed by atoms with van der Waals surface area (Å²) in [6.07, 6.45) is 0. The highest BCUT2D eigenvalue weighted by Gasteiger charge is 2.16. The molecule has 0 saturated heterocycles. The molecule has 0 aliphatic rings. The quantitative estimate of drug-likeness (QED) is 0.806. The van der Waals surface area contributed by atoms with Crippen LogP contribution in [0.3, 0.4) is 0 Å². The number of carbonyl (C=O) groups excluding carboxylic acids is 1. The summed E-state index contributed by atoms with van der Waals surface area (Å²) in [5.74, 6) is -0.118. The molecule has 0 bridgehead atoms. The summed E-state index contributed by atoms with van der Waals surface area (Å²) in [6.45, 7) is 0. The zero-order valence-corrected chi connectivity index (χ0v) is 8.95. The summed E-state index contributed by atoms with van der Waals surface area (Å²) in [5, 5.41) is 0.637. The fraction of sp³-hybridized carbons (Fsp3) is 0.300. The Kier molecular flexibility index (Phi) is 3.49. The van der Waals surface area contributed by atoms with E-state index in [1.807, 2.05) is 0 Å². The van der Waals surface area contributed by atoms with Gasteiger partial charge in [0.25, 0.3) is 0 Å². The van der Waals surface area contributed by atoms with Gasteiger partial charge in [0.15, 0.2) is 0 Å². The van der Waals surface area contributed by atoms with Crippen molar-refractivity contribution in [1.29, 1.82) is 0 Å². The molecule has 0 aliphatic heterocycles. The first-order valence-electron chi connectivity index (χ1n) is 4.24. The van der Waals surface area contributed by atoms with E-state index >= 15 is 0 Å². The smallest absolute Gasteiger partial charge is 0.243 e. The fourth-order valence-corrected chi connectivity index (χ4v) is 1.22. The molecule has 0 fully saturated rings. The van der Waals surface area contributed by atoms with E-state index in [0.717, 1.165) is 5.56 Å². The summed E-state index contributed by atoms with van der Waals surface area (Å²) >= 11 is 5.72. The molecule has 0 spiro atoms. The second kappa shape index (κ2) is 4.44. The predicted octanol–water partition coefficient (Wildman–Crippen LogP) is 1.43. The topological polar surface area (TPSA) is 46.3 Å². The summed E-state index contributed by atoms with van der Waals surface area (Å²) < 4.78 is 0. The van der Waals surface area contributed by atoms with Gasteiger partial charge in [-0.3, -0.25) is 4.79 Å². The normalized spacial score (nSPS) is 12.3. The number of nitrogens with zero attached hydrogens (tertiary/aromatic N) is 1. The number of nitrogens with two attached hydrogens (primary N) is 1. The Morgan fingerprint density at radius 2 is 1.86 bits per heavy atom. The second-order valence-electron chi connectivity index (χ2n) is 3.26. The maximum absolute atomic E-state index is 11.5. The molecule has 1 aromatic rings. The molecule has 4 heteroatoms. The van der Waals surface area contributed by atoms with Crippen LogP contribution in [0.25, 0.3) is 0 Å². The average molecular weight is 213 g/mol. The first-order valence-corrected chi connectivity index (χ1v) is 4.62. The van der Waals surface area contributed by atoms with Crippen LogP contribution in [0.1, 0.15) is 11.6 Å². The predicted molar refractivity (Wildman–Crippen MR) is 57.1 cm³/mol. The van der Waals surface area contributed by atoms with E-state index in [0.29, 0.717) is 5.02 Å². The standard InChI is InChI=1S/C10H13ClN2O/c1-13(2)10(14)9(12)7-3-5-8(11)6-4-7/h3-6,9H,12H2,1-2H3. The van der Waals surface area contributed by atoms with E-state index in [2.05, 4.69) is 0 Å². The van der Waals surface area contributed by atoms with E-state index in [4.69, 9.17) is 17.3 Å². The molecule has 1 atom stereocenters. The van der Waals surface area contributed by atoms with Crippen LogP contribution in [0.15, 0.2) is 24.3 Å². The van der Waals surface area contributed by atoms with Gasteiger partial charge in [0.2, 0.25) is 5.91 Å². The van der Waals surface area contributed by atoms with Gasteiger partial charge < -0.3 is 10.6 Å². The fourth-order valence-electron chi connectivity index (χ4n) is 1.09. The maximum Gasteiger partial charge on any atom is 0.243 e. The second-order valence-corrected chi connectivity index (χ2v) is 3.70. The number of hydrogen-bond acceptors (Lipinski definition) is 2. The van der Waals surface area contributed by atoms with Gasteiger partial charge in [0.1, 0.15) is 6.04 Å². The summed E-state index contributed by atoms with van der Waals surface area (Å²) in [5.41, 5.74) is 6.53. The summed E-state index contributed by atoms with van der Waals surface area (Å²) in [7, 11) is 3.36. The van der Waals surface area contributed by atoms with Crippen molar-refractivity contribution in [2.45, 2.75) is 6.04 Å². The Morgan fingerprint density at radius 1 is 1.36 bits per heavy atom. The van der Waals surface area contributed by atoms with Gasteiger partial charge in [0, 0.05) is 19.1 Å². The number of hydrogen-bond donors (Lipinski definition) is 1. The first kappa shape index (κ1) is 11.0. The van der Waals surface area contributed by atoms with E-state index < -0.39 is 6.04 Å². The Labute approximate surface area is 88.5 Å². The molecule has 3 nitrogen and oxygen atoms in total. The molecule has 1 aromatic carbocycles. The summed E-state index contributed by atoms with van der Waals surface area (Å²) in [4.78, 5) is 13.0. The van der Waals surface area contributed by atoms with Crippen LogP contribution in [-0.2, 0) is 4.79 Å². The number of benzene rings is 1. The molecular formula is C10H13ClN2O. The molecule has 2 N–H and O–H groups in total. The third-order valence-electron chi connectivity index (χ3n) is 1.94. The SMILES string of the molecule is CN(C)C(=O)C(N)c1ccc(Cl)cc1. The highest BCUT2D eigenvalue weighted by molar-refractivity contribution is 6.30. The molecule has 0 radical (unpaired) electrons. The van der Waals surface area contributed by atoms with Gasteiger partial charge >= 0.3 is 0 Å². The highest BCUT2D eigenvalue weighted by Crippen LogP contribution is 2.15. The van der Waals surface area contributed by atoms with E-state index in [1.165, 1.54) is 4.90 Å². The zero-order chi connectivity index (χ0) is 10.7. The minimum atomic E-state index is -0.609. The average Bonchev–Trinajstić information content (AvgIpc) is 2.16. The number of halogens is 1. The van der Waals surface area contributed by atoms with Crippen molar-refractivity contribution in [3.8, 4) is 0 Å². The molecule has 1 unspecified atom stereocenters. The van der Waals surface area contributed by atoms with Crippen molar-refractivity contribution < 1.29 is 4.79 Å². The number of likely N-dealkylation sites (N-methyl/N-ethyl adjacent to an activating group) is 1. The minimum absolute atomic E-state index is 0.118. The van der Waals surface area contributed by atoms with E-state index in [9.17, 15) is 4.79 Å². The van der Waals surface area contributed by atoms with Gasteiger partial charge in [-0.2, -0.15) is 0 Å². The Hall–Kier alpha value is -1.06. The van der Waals surface area contributed by atoms with Gasteiger partial charge in [-0.1, -0.05) is 23.7 Å². The molecular weight excluding hydrogens is 200 g/mol. The van der Waals surface area contributed by atoms with Crippen LogP contribution in [0, 0.1) is 0 Å². The van der Waals surface area contributed by atoms with Crippen molar-refractivity contribution in [3.63, 3.8) is 0 Å². The largest absolute Gasteiger partial charge is 0.347 e. The monoisotopic (exact) mass is 212 g/mol. The zero-order valence-electron chi connectivity index (χ0n) is 8.20. The van der Waals surface area contributed by atoms with Crippen LogP contribution in [-0.4, -0.2) is 24.9 Å². The Bertz CT molecular complexity index is 321. The van der Waals surface area contributed by atoms with Crippen LogP contribution in [0.5, 0.6) is 0 Å². The molecule has 0 aromatic heterocycles. The van der Waals surface area contributed by atoms with Crippen LogP contribution >= 0.6 is 11.6 Å². The highest BCUT2D eigenvalue weighted by atomic mass is 35.5. The molecule has 14 heavy (non-hydrogen) atoms. The lowest BCUT2D eigenvalue weighted by molar-refractivity contribution is -0.130. The number of rotatable bonds is 2. The maximum atomic E-state index is 11.5. The first-order chi connectivity index (χ1) is 6.52. The lowest BCUT2D eigenvalue weighted by Crippen LogP contribution is -2.33. The lowest BCUT2D eigenvalue weighted by Gasteiger charge is -2.16. The van der Waals surface area contributed by atoms with Crippen molar-refractivity contribution in [2.24, 2.45) is 5.73 Å². The molecule has 0 heterocycles. The van der Waals surface area contributed by atoms with Crippen LogP contribution < -0.4 is 5.73 Å². The van der Waals surface area contributed by atoms with Crippen molar-refractivity contribution >= 4 is 17.5 Å². The minimum Gasteiger partial charge on any atom is -0.347 e. The number of carbonyl (C=O) groups is 1. The Morgan fingerprint density at radius 3 is 2.29 bits per heavy atom. The third-order valence-corrected chi connectivity index (χ3v) is 2.19. The number of amides is 1. The lowest BCUT2D eigenvalue weighted by atomic mass is 10.1. The van der Waals surface area contributed by atoms with Gasteiger partial charge in [-0.25, -0.2) is 0 Å². The molecule has 1 rings (SSSR count). The Balaban J connectivity index is 2.84.